The van der Waals surface area contributed by atoms with Gasteiger partial charge in [-0.15, -0.1) is 0 Å². The van der Waals surface area contributed by atoms with Gasteiger partial charge >= 0.3 is 0 Å². The minimum Gasteiger partial charge on any atom is -0.399 e. The molecule has 4 heteroatoms. The van der Waals surface area contributed by atoms with Gasteiger partial charge in [-0.05, 0) is 43.4 Å². The van der Waals surface area contributed by atoms with Crippen LogP contribution in [0, 0.1) is 18.7 Å². The van der Waals surface area contributed by atoms with Crippen molar-refractivity contribution in [2.24, 2.45) is 5.92 Å². The first-order chi connectivity index (χ1) is 8.52. The normalized spacial score (nSPS) is 21.7. The summed E-state index contributed by atoms with van der Waals surface area (Å²) in [6.45, 7) is 3.73. The molecule has 0 aromatic heterocycles. The van der Waals surface area contributed by atoms with E-state index in [4.69, 9.17) is 5.73 Å². The average molecular weight is 250 g/mol. The van der Waals surface area contributed by atoms with Crippen molar-refractivity contribution in [2.75, 3.05) is 5.73 Å². The van der Waals surface area contributed by atoms with Crippen LogP contribution in [0.2, 0.25) is 0 Å². The molecule has 1 aromatic rings. The van der Waals surface area contributed by atoms with Crippen LogP contribution in [-0.2, 0) is 0 Å². The third-order valence-electron chi connectivity index (χ3n) is 3.42. The highest BCUT2D eigenvalue weighted by molar-refractivity contribution is 5.96. The van der Waals surface area contributed by atoms with Gasteiger partial charge in [-0.25, -0.2) is 4.39 Å². The van der Waals surface area contributed by atoms with Gasteiger partial charge in [0.2, 0.25) is 0 Å². The van der Waals surface area contributed by atoms with Crippen LogP contribution in [0.1, 0.15) is 42.1 Å². The van der Waals surface area contributed by atoms with E-state index in [-0.39, 0.29) is 17.5 Å². The Labute approximate surface area is 107 Å². The number of carbonyl (C=O) groups excluding carboxylic acids is 1. The second kappa shape index (κ2) is 4.96. The number of rotatable bonds is 4. The molecule has 3 nitrogen and oxygen atoms in total. The highest BCUT2D eigenvalue weighted by atomic mass is 19.1. The third-order valence-corrected chi connectivity index (χ3v) is 3.42. The molecule has 0 aliphatic heterocycles. The van der Waals surface area contributed by atoms with Gasteiger partial charge in [-0.2, -0.15) is 0 Å². The smallest absolute Gasteiger partial charge is 0.254 e. The Bertz CT molecular complexity index is 473. The number of anilines is 1. The maximum atomic E-state index is 13.8. The fraction of sp³-hybridized carbons (Fsp3) is 0.500. The molecule has 1 aromatic carbocycles. The van der Waals surface area contributed by atoms with Crippen LogP contribution < -0.4 is 11.1 Å². The molecule has 1 amide bonds. The lowest BCUT2D eigenvalue weighted by atomic mass is 10.1. The Morgan fingerprint density at radius 1 is 1.56 bits per heavy atom. The number of nitrogens with one attached hydrogen (secondary N) is 1. The molecule has 1 saturated carbocycles. The summed E-state index contributed by atoms with van der Waals surface area (Å²) in [6.07, 6.45) is 3.23. The standard InChI is InChI=1S/C14H19FN2O/c1-3-4-9-6-12(9)17-14(18)11-7-10(16)5-8(2)13(11)15/h5,7,9,12H,3-4,6,16H2,1-2H3,(H,17,18). The van der Waals surface area contributed by atoms with Gasteiger partial charge in [-0.3, -0.25) is 4.79 Å². The van der Waals surface area contributed by atoms with Gasteiger partial charge < -0.3 is 11.1 Å². The molecular weight excluding hydrogens is 231 g/mol. The van der Waals surface area contributed by atoms with Crippen molar-refractivity contribution >= 4 is 11.6 Å². The lowest BCUT2D eigenvalue weighted by Crippen LogP contribution is -2.28. The van der Waals surface area contributed by atoms with Crippen molar-refractivity contribution in [2.45, 2.75) is 39.2 Å². The second-order valence-corrected chi connectivity index (χ2v) is 5.06. The number of aryl methyl sites for hydroxylation is 1. The zero-order valence-electron chi connectivity index (χ0n) is 10.8. The highest BCUT2D eigenvalue weighted by Crippen LogP contribution is 2.34. The van der Waals surface area contributed by atoms with Crippen LogP contribution in [0.3, 0.4) is 0 Å². The Balaban J connectivity index is 2.06. The van der Waals surface area contributed by atoms with Crippen LogP contribution in [0.5, 0.6) is 0 Å². The molecule has 1 aliphatic carbocycles. The maximum Gasteiger partial charge on any atom is 0.254 e. The molecule has 1 aliphatic rings. The average Bonchev–Trinajstić information content (AvgIpc) is 3.02. The molecule has 2 rings (SSSR count). The molecule has 0 spiro atoms. The first kappa shape index (κ1) is 12.9. The molecule has 98 valence electrons. The van der Waals surface area contributed by atoms with Crippen molar-refractivity contribution < 1.29 is 9.18 Å². The summed E-state index contributed by atoms with van der Waals surface area (Å²) >= 11 is 0. The van der Waals surface area contributed by atoms with E-state index in [0.29, 0.717) is 17.2 Å². The number of carbonyl (C=O) groups is 1. The number of amides is 1. The number of benzene rings is 1. The van der Waals surface area contributed by atoms with Gasteiger partial charge in [-0.1, -0.05) is 13.3 Å². The first-order valence-corrected chi connectivity index (χ1v) is 6.39. The number of nitrogens with two attached hydrogens (primary N) is 1. The summed E-state index contributed by atoms with van der Waals surface area (Å²) in [5, 5.41) is 2.87. The summed E-state index contributed by atoms with van der Waals surface area (Å²) in [4.78, 5) is 12.0. The lowest BCUT2D eigenvalue weighted by molar-refractivity contribution is 0.0944. The number of halogens is 1. The van der Waals surface area contributed by atoms with Crippen LogP contribution in [0.15, 0.2) is 12.1 Å². The monoisotopic (exact) mass is 250 g/mol. The largest absolute Gasteiger partial charge is 0.399 e. The summed E-state index contributed by atoms with van der Waals surface area (Å²) < 4.78 is 13.8. The van der Waals surface area contributed by atoms with Crippen LogP contribution in [-0.4, -0.2) is 11.9 Å². The number of hydrogen-bond donors (Lipinski definition) is 2. The summed E-state index contributed by atoms with van der Waals surface area (Å²) in [7, 11) is 0. The Hall–Kier alpha value is -1.58. The van der Waals surface area contributed by atoms with E-state index in [0.717, 1.165) is 19.3 Å². The minimum absolute atomic E-state index is 0.0506. The number of nitrogen functional groups attached to an aromatic ring is 1. The van der Waals surface area contributed by atoms with Gasteiger partial charge in [0.1, 0.15) is 5.82 Å². The Morgan fingerprint density at radius 3 is 2.94 bits per heavy atom. The van der Waals surface area contributed by atoms with Crippen molar-refractivity contribution in [3.63, 3.8) is 0 Å². The first-order valence-electron chi connectivity index (χ1n) is 6.39. The van der Waals surface area contributed by atoms with Gasteiger partial charge in [0.25, 0.3) is 5.91 Å². The van der Waals surface area contributed by atoms with Crippen molar-refractivity contribution in [1.29, 1.82) is 0 Å². The van der Waals surface area contributed by atoms with E-state index in [1.54, 1.807) is 6.92 Å². The SMILES string of the molecule is CCCC1CC1NC(=O)c1cc(N)cc(C)c1F. The predicted octanol–water partition coefficient (Wildman–Crippen LogP) is 2.63. The molecule has 18 heavy (non-hydrogen) atoms. The second-order valence-electron chi connectivity index (χ2n) is 5.06. The summed E-state index contributed by atoms with van der Waals surface area (Å²) in [6, 6.07) is 3.14. The van der Waals surface area contributed by atoms with Crippen molar-refractivity contribution in [3.05, 3.63) is 29.1 Å². The summed E-state index contributed by atoms with van der Waals surface area (Å²) in [5.41, 5.74) is 6.51. The zero-order valence-corrected chi connectivity index (χ0v) is 10.8. The van der Waals surface area contributed by atoms with Crippen LogP contribution in [0.4, 0.5) is 10.1 Å². The molecule has 2 unspecified atom stereocenters. The minimum atomic E-state index is -0.477. The van der Waals surface area contributed by atoms with E-state index in [9.17, 15) is 9.18 Å². The lowest BCUT2D eigenvalue weighted by Gasteiger charge is -2.08. The van der Waals surface area contributed by atoms with E-state index < -0.39 is 5.82 Å². The van der Waals surface area contributed by atoms with E-state index in [1.165, 1.54) is 12.1 Å². The molecule has 0 bridgehead atoms. The van der Waals surface area contributed by atoms with Crippen LogP contribution in [0.25, 0.3) is 0 Å². The van der Waals surface area contributed by atoms with E-state index >= 15 is 0 Å². The highest BCUT2D eigenvalue weighted by Gasteiger charge is 2.37. The molecular formula is C14H19FN2O. The Kier molecular flexibility index (Phi) is 3.55. The molecule has 0 heterocycles. The zero-order chi connectivity index (χ0) is 13.3. The summed E-state index contributed by atoms with van der Waals surface area (Å²) in [5.74, 6) is -0.273. The Morgan fingerprint density at radius 2 is 2.28 bits per heavy atom. The molecule has 0 saturated heterocycles. The number of hydrogen-bond acceptors (Lipinski definition) is 2. The molecule has 3 N–H and O–H groups in total. The van der Waals surface area contributed by atoms with Gasteiger partial charge in [0, 0.05) is 11.7 Å². The fourth-order valence-electron chi connectivity index (χ4n) is 2.32. The quantitative estimate of drug-likeness (QED) is 0.807. The van der Waals surface area contributed by atoms with Crippen molar-refractivity contribution in [1.82, 2.24) is 5.32 Å². The van der Waals surface area contributed by atoms with E-state index in [1.807, 2.05) is 0 Å². The molecule has 2 atom stereocenters. The van der Waals surface area contributed by atoms with Gasteiger partial charge in [0.05, 0.1) is 5.56 Å². The topological polar surface area (TPSA) is 55.1 Å². The predicted molar refractivity (Wildman–Crippen MR) is 69.8 cm³/mol. The molecule has 0 radical (unpaired) electrons. The molecule has 1 fully saturated rings. The van der Waals surface area contributed by atoms with E-state index in [2.05, 4.69) is 12.2 Å². The third kappa shape index (κ3) is 2.63. The van der Waals surface area contributed by atoms with Gasteiger partial charge in [0.15, 0.2) is 0 Å². The van der Waals surface area contributed by atoms with Crippen LogP contribution >= 0.6 is 0 Å². The van der Waals surface area contributed by atoms with Crippen molar-refractivity contribution in [3.8, 4) is 0 Å². The fourth-order valence-corrected chi connectivity index (χ4v) is 2.32. The maximum absolute atomic E-state index is 13.8.